The minimum absolute atomic E-state index is 0.00963. The van der Waals surface area contributed by atoms with E-state index in [-0.39, 0.29) is 11.3 Å². The van der Waals surface area contributed by atoms with E-state index in [0.29, 0.717) is 41.0 Å². The molecule has 0 aliphatic carbocycles. The maximum absolute atomic E-state index is 13.8. The van der Waals surface area contributed by atoms with Crippen molar-refractivity contribution in [3.05, 3.63) is 124 Å². The second-order valence-corrected chi connectivity index (χ2v) is 11.8. The summed E-state index contributed by atoms with van der Waals surface area (Å²) >= 11 is 1.35. The number of thiazole rings is 1. The zero-order valence-electron chi connectivity index (χ0n) is 24.7. The molecule has 1 N–H and O–H groups in total. The van der Waals surface area contributed by atoms with Crippen molar-refractivity contribution in [3.8, 4) is 11.5 Å². The third-order valence-electron chi connectivity index (χ3n) is 7.49. The number of fused-ring (bicyclic) bond motifs is 1. The molecule has 0 bridgehead atoms. The molecule has 1 saturated heterocycles. The van der Waals surface area contributed by atoms with Crippen LogP contribution in [0.1, 0.15) is 47.2 Å². The van der Waals surface area contributed by atoms with Gasteiger partial charge in [-0.1, -0.05) is 66.8 Å². The van der Waals surface area contributed by atoms with Gasteiger partial charge < -0.3 is 14.6 Å². The molecule has 7 nitrogen and oxygen atoms in total. The number of ketones is 1. The van der Waals surface area contributed by atoms with Crippen molar-refractivity contribution < 1.29 is 24.2 Å². The number of carbonyl (C=O) groups is 2. The molecule has 4 aromatic carbocycles. The largest absolute Gasteiger partial charge is 0.507 e. The fourth-order valence-electron chi connectivity index (χ4n) is 5.41. The molecule has 1 unspecified atom stereocenters. The van der Waals surface area contributed by atoms with Gasteiger partial charge in [-0.25, -0.2) is 4.98 Å². The van der Waals surface area contributed by atoms with Crippen LogP contribution in [0.25, 0.3) is 16.0 Å². The second-order valence-electron chi connectivity index (χ2n) is 10.8. The predicted molar refractivity (Wildman–Crippen MR) is 173 cm³/mol. The Labute approximate surface area is 260 Å². The monoisotopic (exact) mass is 604 g/mol. The lowest BCUT2D eigenvalue weighted by molar-refractivity contribution is -0.132. The average Bonchev–Trinajstić information content (AvgIpc) is 3.57. The third kappa shape index (κ3) is 5.68. The normalized spacial score (nSPS) is 16.1. The van der Waals surface area contributed by atoms with Crippen LogP contribution in [-0.4, -0.2) is 28.4 Å². The molecule has 6 rings (SSSR count). The van der Waals surface area contributed by atoms with Crippen LogP contribution in [0.2, 0.25) is 0 Å². The number of hydrogen-bond acceptors (Lipinski definition) is 7. The number of benzene rings is 4. The first-order valence-electron chi connectivity index (χ1n) is 14.5. The van der Waals surface area contributed by atoms with E-state index in [4.69, 9.17) is 14.5 Å². The molecule has 5 aromatic rings. The number of amides is 1. The minimum atomic E-state index is -0.923. The maximum Gasteiger partial charge on any atom is 0.301 e. The van der Waals surface area contributed by atoms with Gasteiger partial charge in [0.25, 0.3) is 5.78 Å². The van der Waals surface area contributed by atoms with Crippen LogP contribution in [-0.2, 0) is 16.2 Å². The Hall–Kier alpha value is -4.95. The fourth-order valence-corrected chi connectivity index (χ4v) is 6.58. The average molecular weight is 605 g/mol. The first kappa shape index (κ1) is 29.1. The number of carbonyl (C=O) groups excluding carboxylic acids is 2. The van der Waals surface area contributed by atoms with E-state index >= 15 is 0 Å². The van der Waals surface area contributed by atoms with Crippen molar-refractivity contribution in [1.82, 2.24) is 4.98 Å². The molecule has 1 aliphatic heterocycles. The van der Waals surface area contributed by atoms with Crippen LogP contribution < -0.4 is 14.4 Å². The number of rotatable bonds is 9. The van der Waals surface area contributed by atoms with Crippen LogP contribution in [0.4, 0.5) is 5.13 Å². The zero-order chi connectivity index (χ0) is 30.8. The van der Waals surface area contributed by atoms with E-state index < -0.39 is 17.7 Å². The standard InChI is InChI=1S/C36H32N2O5S/c1-4-17-42-27-15-13-25(14-16-27)33(39)30-32(26-11-8-12-28(20-26)43-21-24-9-6-5-7-10-24)38(35(41)34(30)40)36-37-31-23(3)18-22(2)19-29(31)44-36/h5-16,18-20,32,39H,4,17,21H2,1-3H3/b33-30+. The highest BCUT2D eigenvalue weighted by Crippen LogP contribution is 2.45. The Morgan fingerprint density at radius 3 is 2.43 bits per heavy atom. The number of anilines is 1. The van der Waals surface area contributed by atoms with Gasteiger partial charge in [-0.3, -0.25) is 14.5 Å². The van der Waals surface area contributed by atoms with Gasteiger partial charge >= 0.3 is 5.91 Å². The summed E-state index contributed by atoms with van der Waals surface area (Å²) in [5.41, 5.74) is 4.87. The number of aliphatic hydroxyl groups excluding tert-OH is 1. The molecule has 1 atom stereocenters. The Morgan fingerprint density at radius 1 is 0.909 bits per heavy atom. The molecule has 0 radical (unpaired) electrons. The zero-order valence-corrected chi connectivity index (χ0v) is 25.6. The Morgan fingerprint density at radius 2 is 1.68 bits per heavy atom. The highest BCUT2D eigenvalue weighted by molar-refractivity contribution is 7.22. The number of aryl methyl sites for hydroxylation is 2. The predicted octanol–water partition coefficient (Wildman–Crippen LogP) is 7.91. The molecule has 1 amide bonds. The summed E-state index contributed by atoms with van der Waals surface area (Å²) in [6, 6.07) is 27.1. The number of ether oxygens (including phenoxy) is 2. The Bertz CT molecular complexity index is 1880. The Kier molecular flexibility index (Phi) is 8.17. The lowest BCUT2D eigenvalue weighted by Gasteiger charge is -2.23. The molecule has 1 fully saturated rings. The van der Waals surface area contributed by atoms with E-state index in [2.05, 4.69) is 0 Å². The lowest BCUT2D eigenvalue weighted by atomic mass is 9.95. The van der Waals surface area contributed by atoms with Crippen molar-refractivity contribution in [2.45, 2.75) is 39.8 Å². The van der Waals surface area contributed by atoms with Crippen molar-refractivity contribution in [1.29, 1.82) is 0 Å². The molecule has 0 saturated carbocycles. The summed E-state index contributed by atoms with van der Waals surface area (Å²) in [5.74, 6) is -0.555. The number of aromatic nitrogens is 1. The van der Waals surface area contributed by atoms with Crippen molar-refractivity contribution in [2.75, 3.05) is 11.5 Å². The minimum Gasteiger partial charge on any atom is -0.507 e. The molecule has 1 aliphatic rings. The van der Waals surface area contributed by atoms with Gasteiger partial charge in [0, 0.05) is 5.56 Å². The molecule has 0 spiro atoms. The molecular weight excluding hydrogens is 572 g/mol. The van der Waals surface area contributed by atoms with Gasteiger partial charge in [-0.2, -0.15) is 0 Å². The van der Waals surface area contributed by atoms with Gasteiger partial charge in [0.15, 0.2) is 5.13 Å². The van der Waals surface area contributed by atoms with E-state index in [0.717, 1.165) is 33.3 Å². The smallest absolute Gasteiger partial charge is 0.301 e. The van der Waals surface area contributed by atoms with E-state index in [1.54, 1.807) is 24.3 Å². The van der Waals surface area contributed by atoms with Gasteiger partial charge in [-0.15, -0.1) is 0 Å². The quantitative estimate of drug-likeness (QED) is 0.105. The fraction of sp³-hybridized carbons (Fsp3) is 0.194. The summed E-state index contributed by atoms with van der Waals surface area (Å²) in [6.07, 6.45) is 0.865. The highest BCUT2D eigenvalue weighted by Gasteiger charge is 2.48. The Balaban J connectivity index is 1.45. The summed E-state index contributed by atoms with van der Waals surface area (Å²) < 4.78 is 12.7. The summed E-state index contributed by atoms with van der Waals surface area (Å²) in [6.45, 7) is 6.94. The van der Waals surface area contributed by atoms with E-state index in [1.165, 1.54) is 16.2 Å². The second kappa shape index (κ2) is 12.3. The summed E-state index contributed by atoms with van der Waals surface area (Å²) in [7, 11) is 0. The number of aliphatic hydroxyl groups is 1. The third-order valence-corrected chi connectivity index (χ3v) is 8.49. The topological polar surface area (TPSA) is 89.0 Å². The molecular formula is C36H32N2O5S. The summed E-state index contributed by atoms with van der Waals surface area (Å²) in [5, 5.41) is 12.0. The number of Topliss-reactive ketones (excluding diaryl/α,β-unsaturated/α-hetero) is 1. The molecule has 44 heavy (non-hydrogen) atoms. The van der Waals surface area contributed by atoms with Crippen molar-refractivity contribution in [2.24, 2.45) is 0 Å². The van der Waals surface area contributed by atoms with Crippen LogP contribution in [0, 0.1) is 13.8 Å². The van der Waals surface area contributed by atoms with Gasteiger partial charge in [0.1, 0.15) is 23.9 Å². The molecule has 1 aromatic heterocycles. The lowest BCUT2D eigenvalue weighted by Crippen LogP contribution is -2.29. The van der Waals surface area contributed by atoms with Gasteiger partial charge in [-0.05, 0) is 85.0 Å². The molecule has 8 heteroatoms. The van der Waals surface area contributed by atoms with E-state index in [1.807, 2.05) is 87.5 Å². The van der Waals surface area contributed by atoms with Crippen LogP contribution in [0.5, 0.6) is 11.5 Å². The maximum atomic E-state index is 13.8. The molecule has 222 valence electrons. The van der Waals surface area contributed by atoms with Gasteiger partial charge in [0.05, 0.1) is 28.4 Å². The number of nitrogens with zero attached hydrogens (tertiary/aromatic N) is 2. The highest BCUT2D eigenvalue weighted by atomic mass is 32.1. The van der Waals surface area contributed by atoms with Crippen LogP contribution in [0.3, 0.4) is 0 Å². The van der Waals surface area contributed by atoms with Crippen LogP contribution >= 0.6 is 11.3 Å². The van der Waals surface area contributed by atoms with Crippen LogP contribution in [0.15, 0.2) is 96.6 Å². The van der Waals surface area contributed by atoms with Crippen molar-refractivity contribution >= 4 is 44.1 Å². The SMILES string of the molecule is CCCOc1ccc(/C(O)=C2\C(=O)C(=O)N(c3nc4c(C)cc(C)cc4s3)C2c2cccc(OCc3ccccc3)c2)cc1. The van der Waals surface area contributed by atoms with E-state index in [9.17, 15) is 14.7 Å². The van der Waals surface area contributed by atoms with Gasteiger partial charge in [0.2, 0.25) is 0 Å². The first-order chi connectivity index (χ1) is 21.3. The number of hydrogen-bond donors (Lipinski definition) is 1. The first-order valence-corrected chi connectivity index (χ1v) is 15.3. The summed E-state index contributed by atoms with van der Waals surface area (Å²) in [4.78, 5) is 33.7. The molecule has 2 heterocycles. The van der Waals surface area contributed by atoms with Crippen molar-refractivity contribution in [3.63, 3.8) is 0 Å².